The maximum atomic E-state index is 12.1. The molecular formula is C17H28N2O. The van der Waals surface area contributed by atoms with E-state index >= 15 is 0 Å². The Morgan fingerprint density at radius 1 is 1.15 bits per heavy atom. The van der Waals surface area contributed by atoms with Crippen LogP contribution in [0.5, 0.6) is 0 Å². The van der Waals surface area contributed by atoms with E-state index < -0.39 is 0 Å². The van der Waals surface area contributed by atoms with Gasteiger partial charge in [0.05, 0.1) is 6.04 Å². The molecule has 1 N–H and O–H groups in total. The quantitative estimate of drug-likeness (QED) is 0.858. The molecule has 0 spiro atoms. The molecule has 1 amide bonds. The highest BCUT2D eigenvalue weighted by Crippen LogP contribution is 2.61. The van der Waals surface area contributed by atoms with Gasteiger partial charge in [-0.2, -0.15) is 0 Å². The fourth-order valence-electron chi connectivity index (χ4n) is 6.16. The summed E-state index contributed by atoms with van der Waals surface area (Å²) in [6.07, 6.45) is 9.75. The molecule has 5 aliphatic rings. The van der Waals surface area contributed by atoms with Crippen LogP contribution in [0.2, 0.25) is 0 Å². The number of carbonyl (C=O) groups is 1. The molecule has 3 heteroatoms. The molecule has 4 bridgehead atoms. The largest absolute Gasteiger partial charge is 0.344 e. The van der Waals surface area contributed by atoms with Gasteiger partial charge in [-0.3, -0.25) is 4.79 Å². The van der Waals surface area contributed by atoms with Crippen molar-refractivity contribution in [2.75, 3.05) is 13.6 Å². The third-order valence-corrected chi connectivity index (χ3v) is 6.88. The van der Waals surface area contributed by atoms with Crippen molar-refractivity contribution in [3.05, 3.63) is 0 Å². The highest BCUT2D eigenvalue weighted by Gasteiger charge is 2.53. The van der Waals surface area contributed by atoms with Gasteiger partial charge in [-0.25, -0.2) is 0 Å². The second-order valence-electron chi connectivity index (χ2n) is 8.27. The molecular weight excluding hydrogens is 248 g/mol. The van der Waals surface area contributed by atoms with Crippen molar-refractivity contribution in [1.29, 1.82) is 0 Å². The van der Waals surface area contributed by atoms with Gasteiger partial charge in [0, 0.05) is 19.6 Å². The van der Waals surface area contributed by atoms with Crippen LogP contribution in [0.4, 0.5) is 0 Å². The van der Waals surface area contributed by atoms with Gasteiger partial charge in [-0.05, 0) is 75.0 Å². The fourth-order valence-corrected chi connectivity index (χ4v) is 6.16. The average molecular weight is 276 g/mol. The molecule has 0 aromatic rings. The zero-order chi connectivity index (χ0) is 13.9. The summed E-state index contributed by atoms with van der Waals surface area (Å²) in [5.41, 5.74) is 0.510. The Labute approximate surface area is 122 Å². The van der Waals surface area contributed by atoms with Crippen LogP contribution in [0.3, 0.4) is 0 Å². The molecule has 2 atom stereocenters. The molecule has 5 fully saturated rings. The normalized spacial score (nSPS) is 48.1. The predicted octanol–water partition coefficient (Wildman–Crippen LogP) is 2.41. The molecule has 3 nitrogen and oxygen atoms in total. The maximum Gasteiger partial charge on any atom is 0.239 e. The van der Waals surface area contributed by atoms with Gasteiger partial charge in [0.2, 0.25) is 5.91 Å². The van der Waals surface area contributed by atoms with Crippen LogP contribution < -0.4 is 5.32 Å². The van der Waals surface area contributed by atoms with E-state index in [2.05, 4.69) is 12.2 Å². The summed E-state index contributed by atoms with van der Waals surface area (Å²) in [5, 5.41) is 3.72. The van der Waals surface area contributed by atoms with Crippen molar-refractivity contribution >= 4 is 5.91 Å². The molecule has 1 aliphatic heterocycles. The van der Waals surface area contributed by atoms with Gasteiger partial charge in [-0.15, -0.1) is 0 Å². The molecule has 112 valence electrons. The number of likely N-dealkylation sites (tertiary alicyclic amines) is 1. The Bertz CT molecular complexity index is 384. The third kappa shape index (κ3) is 1.93. The lowest BCUT2D eigenvalue weighted by molar-refractivity contribution is -0.129. The second kappa shape index (κ2) is 4.46. The summed E-state index contributed by atoms with van der Waals surface area (Å²) in [7, 11) is 1.93. The average Bonchev–Trinajstić information content (AvgIpc) is 2.69. The van der Waals surface area contributed by atoms with Crippen LogP contribution in [0.1, 0.15) is 51.9 Å². The van der Waals surface area contributed by atoms with Gasteiger partial charge < -0.3 is 10.2 Å². The zero-order valence-electron chi connectivity index (χ0n) is 12.9. The van der Waals surface area contributed by atoms with Crippen molar-refractivity contribution in [2.45, 2.75) is 64.0 Å². The van der Waals surface area contributed by atoms with Gasteiger partial charge in [-0.1, -0.05) is 0 Å². The molecule has 4 aliphatic carbocycles. The van der Waals surface area contributed by atoms with Crippen molar-refractivity contribution in [3.8, 4) is 0 Å². The lowest BCUT2D eigenvalue weighted by Gasteiger charge is -2.59. The van der Waals surface area contributed by atoms with Crippen LogP contribution >= 0.6 is 0 Å². The summed E-state index contributed by atoms with van der Waals surface area (Å²) in [6.45, 7) is 3.28. The van der Waals surface area contributed by atoms with Crippen molar-refractivity contribution in [3.63, 3.8) is 0 Å². The van der Waals surface area contributed by atoms with Crippen molar-refractivity contribution in [1.82, 2.24) is 10.2 Å². The van der Waals surface area contributed by atoms with Crippen LogP contribution in [0.15, 0.2) is 0 Å². The van der Waals surface area contributed by atoms with Crippen LogP contribution in [-0.2, 0) is 4.79 Å². The third-order valence-electron chi connectivity index (χ3n) is 6.88. The van der Waals surface area contributed by atoms with E-state index in [-0.39, 0.29) is 6.04 Å². The van der Waals surface area contributed by atoms with Gasteiger partial charge in [0.1, 0.15) is 0 Å². The predicted molar refractivity (Wildman–Crippen MR) is 79.2 cm³/mol. The standard InChI is InChI=1S/C17H28N2O/c1-11(18-15-3-4-19(2)16(15)20)17-8-12-5-13(9-17)7-14(6-12)10-17/h11-15,18H,3-10H2,1-2H3. The number of nitrogens with one attached hydrogen (secondary N) is 1. The summed E-state index contributed by atoms with van der Waals surface area (Å²) < 4.78 is 0. The lowest BCUT2D eigenvalue weighted by atomic mass is 9.48. The molecule has 4 saturated carbocycles. The molecule has 0 aromatic heterocycles. The van der Waals surface area contributed by atoms with E-state index in [1.807, 2.05) is 11.9 Å². The second-order valence-corrected chi connectivity index (χ2v) is 8.27. The number of carbonyl (C=O) groups excluding carboxylic acids is 1. The van der Waals surface area contributed by atoms with Crippen LogP contribution in [-0.4, -0.2) is 36.5 Å². The fraction of sp³-hybridized carbons (Fsp3) is 0.941. The first-order valence-electron chi connectivity index (χ1n) is 8.57. The van der Waals surface area contributed by atoms with E-state index in [4.69, 9.17) is 0 Å². The van der Waals surface area contributed by atoms with E-state index in [1.54, 1.807) is 0 Å². The highest BCUT2D eigenvalue weighted by molar-refractivity contribution is 5.83. The van der Waals surface area contributed by atoms with Gasteiger partial charge >= 0.3 is 0 Å². The molecule has 1 saturated heterocycles. The minimum Gasteiger partial charge on any atom is -0.344 e. The maximum absolute atomic E-state index is 12.1. The van der Waals surface area contributed by atoms with E-state index in [9.17, 15) is 4.79 Å². The Balaban J connectivity index is 1.48. The minimum atomic E-state index is 0.0861. The van der Waals surface area contributed by atoms with Crippen molar-refractivity contribution < 1.29 is 4.79 Å². The van der Waals surface area contributed by atoms with E-state index in [0.29, 0.717) is 17.4 Å². The number of hydrogen-bond acceptors (Lipinski definition) is 2. The van der Waals surface area contributed by atoms with E-state index in [1.165, 1.54) is 38.5 Å². The number of amides is 1. The first kappa shape index (κ1) is 13.1. The number of rotatable bonds is 3. The Kier molecular flexibility index (Phi) is 2.93. The summed E-state index contributed by atoms with van der Waals surface area (Å²) in [4.78, 5) is 14.0. The molecule has 0 radical (unpaired) electrons. The smallest absolute Gasteiger partial charge is 0.239 e. The SMILES string of the molecule is CC(NC1CCN(C)C1=O)C12CC3CC(CC(C3)C1)C2. The topological polar surface area (TPSA) is 32.3 Å². The molecule has 20 heavy (non-hydrogen) atoms. The Hall–Kier alpha value is -0.570. The summed E-state index contributed by atoms with van der Waals surface area (Å²) >= 11 is 0. The monoisotopic (exact) mass is 276 g/mol. The molecule has 5 rings (SSSR count). The minimum absolute atomic E-state index is 0.0861. The lowest BCUT2D eigenvalue weighted by Crippen LogP contribution is -2.57. The summed E-state index contributed by atoms with van der Waals surface area (Å²) in [5.74, 6) is 3.29. The first-order valence-corrected chi connectivity index (χ1v) is 8.57. The first-order chi connectivity index (χ1) is 9.56. The Morgan fingerprint density at radius 3 is 2.15 bits per heavy atom. The molecule has 1 heterocycles. The van der Waals surface area contributed by atoms with Crippen LogP contribution in [0, 0.1) is 23.2 Å². The van der Waals surface area contributed by atoms with Gasteiger partial charge in [0.15, 0.2) is 0 Å². The zero-order valence-corrected chi connectivity index (χ0v) is 12.9. The summed E-state index contributed by atoms with van der Waals surface area (Å²) in [6, 6.07) is 0.597. The molecule has 2 unspecified atom stereocenters. The van der Waals surface area contributed by atoms with Gasteiger partial charge in [0.25, 0.3) is 0 Å². The number of nitrogens with zero attached hydrogens (tertiary/aromatic N) is 1. The molecule has 0 aromatic carbocycles. The van der Waals surface area contributed by atoms with Crippen LogP contribution in [0.25, 0.3) is 0 Å². The Morgan fingerprint density at radius 2 is 1.70 bits per heavy atom. The number of hydrogen-bond donors (Lipinski definition) is 1. The highest BCUT2D eigenvalue weighted by atomic mass is 16.2. The number of likely N-dealkylation sites (N-methyl/N-ethyl adjacent to an activating group) is 1. The van der Waals surface area contributed by atoms with Crippen molar-refractivity contribution in [2.24, 2.45) is 23.2 Å². The van der Waals surface area contributed by atoms with E-state index in [0.717, 1.165) is 30.7 Å².